The lowest BCUT2D eigenvalue weighted by Gasteiger charge is -2.15. The van der Waals surface area contributed by atoms with E-state index < -0.39 is 0 Å². The highest BCUT2D eigenvalue weighted by molar-refractivity contribution is 7.99. The molecule has 0 bridgehead atoms. The van der Waals surface area contributed by atoms with E-state index >= 15 is 0 Å². The van der Waals surface area contributed by atoms with Gasteiger partial charge in [-0.1, -0.05) is 23.4 Å². The molecule has 0 fully saturated rings. The fourth-order valence-electron chi connectivity index (χ4n) is 1.30. The van der Waals surface area contributed by atoms with Crippen LogP contribution in [0.1, 0.15) is 6.42 Å². The number of hydrogen-bond acceptors (Lipinski definition) is 4. The number of benzene rings is 1. The van der Waals surface area contributed by atoms with Gasteiger partial charge in [-0.25, -0.2) is 0 Å². The first-order valence-corrected chi connectivity index (χ1v) is 6.53. The predicted octanol–water partition coefficient (Wildman–Crippen LogP) is 1.85. The van der Waals surface area contributed by atoms with Crippen molar-refractivity contribution in [1.82, 2.24) is 4.90 Å². The quantitative estimate of drug-likeness (QED) is 0.256. The molecule has 1 aromatic carbocycles. The van der Waals surface area contributed by atoms with E-state index in [1.54, 1.807) is 0 Å². The summed E-state index contributed by atoms with van der Waals surface area (Å²) in [6, 6.07) is 10.3. The van der Waals surface area contributed by atoms with Crippen molar-refractivity contribution in [3.8, 4) is 0 Å². The summed E-state index contributed by atoms with van der Waals surface area (Å²) in [5.74, 6) is 1.32. The van der Waals surface area contributed by atoms with Gasteiger partial charge < -0.3 is 15.8 Å². The monoisotopic (exact) mass is 253 g/mol. The highest BCUT2D eigenvalue weighted by Gasteiger charge is 2.01. The Morgan fingerprint density at radius 1 is 1.35 bits per heavy atom. The van der Waals surface area contributed by atoms with E-state index in [9.17, 15) is 0 Å². The molecule has 5 heteroatoms. The Balaban J connectivity index is 2.14. The smallest absolute Gasteiger partial charge is 0.140 e. The van der Waals surface area contributed by atoms with Gasteiger partial charge in [0.05, 0.1) is 0 Å². The third-order valence-electron chi connectivity index (χ3n) is 2.36. The van der Waals surface area contributed by atoms with Crippen molar-refractivity contribution in [3.63, 3.8) is 0 Å². The van der Waals surface area contributed by atoms with Crippen LogP contribution in [-0.2, 0) is 0 Å². The number of nitrogens with two attached hydrogens (primary N) is 1. The number of nitrogens with zero attached hydrogens (tertiary/aromatic N) is 2. The van der Waals surface area contributed by atoms with Crippen LogP contribution in [0.2, 0.25) is 0 Å². The maximum absolute atomic E-state index is 8.41. The van der Waals surface area contributed by atoms with Crippen LogP contribution in [0, 0.1) is 0 Å². The largest absolute Gasteiger partial charge is 0.409 e. The number of oxime groups is 1. The SMILES string of the molecule is CN(CCSc1ccccc1)CCC(N)=NO. The fourth-order valence-corrected chi connectivity index (χ4v) is 2.29. The summed E-state index contributed by atoms with van der Waals surface area (Å²) in [6.07, 6.45) is 0.600. The van der Waals surface area contributed by atoms with Gasteiger partial charge in [0.2, 0.25) is 0 Å². The molecule has 0 aromatic heterocycles. The van der Waals surface area contributed by atoms with Gasteiger partial charge in [-0.3, -0.25) is 0 Å². The van der Waals surface area contributed by atoms with Crippen LogP contribution in [0.5, 0.6) is 0 Å². The molecule has 0 atom stereocenters. The maximum Gasteiger partial charge on any atom is 0.140 e. The maximum atomic E-state index is 8.41. The minimum absolute atomic E-state index is 0.285. The number of thioether (sulfide) groups is 1. The van der Waals surface area contributed by atoms with Crippen LogP contribution in [0.4, 0.5) is 0 Å². The molecule has 0 saturated carbocycles. The number of amidine groups is 1. The molecule has 0 radical (unpaired) electrons. The third-order valence-corrected chi connectivity index (χ3v) is 3.36. The van der Waals surface area contributed by atoms with Crippen LogP contribution >= 0.6 is 11.8 Å². The lowest BCUT2D eigenvalue weighted by atomic mass is 10.4. The average Bonchev–Trinajstić information content (AvgIpc) is 2.37. The van der Waals surface area contributed by atoms with E-state index in [1.165, 1.54) is 4.90 Å². The molecule has 0 unspecified atom stereocenters. The zero-order chi connectivity index (χ0) is 12.5. The fraction of sp³-hybridized carbons (Fsp3) is 0.417. The minimum Gasteiger partial charge on any atom is -0.409 e. The standard InChI is InChI=1S/C12H19N3OS/c1-15(8-7-12(13)14-16)9-10-17-11-5-3-2-4-6-11/h2-6,16H,7-10H2,1H3,(H2,13,14). The van der Waals surface area contributed by atoms with Gasteiger partial charge in [0.1, 0.15) is 5.84 Å². The Morgan fingerprint density at radius 3 is 2.71 bits per heavy atom. The summed E-state index contributed by atoms with van der Waals surface area (Å²) >= 11 is 1.84. The second-order valence-corrected chi connectivity index (χ2v) is 4.97. The van der Waals surface area contributed by atoms with Gasteiger partial charge in [0.15, 0.2) is 0 Å². The van der Waals surface area contributed by atoms with Crippen molar-refractivity contribution in [2.75, 3.05) is 25.9 Å². The molecule has 0 spiro atoms. The Morgan fingerprint density at radius 2 is 2.06 bits per heavy atom. The zero-order valence-corrected chi connectivity index (χ0v) is 10.9. The molecule has 0 aliphatic heterocycles. The van der Waals surface area contributed by atoms with Crippen molar-refractivity contribution in [1.29, 1.82) is 0 Å². The minimum atomic E-state index is 0.285. The average molecular weight is 253 g/mol. The summed E-state index contributed by atoms with van der Waals surface area (Å²) in [5, 5.41) is 11.4. The lowest BCUT2D eigenvalue weighted by Crippen LogP contribution is -2.26. The van der Waals surface area contributed by atoms with Crippen molar-refractivity contribution >= 4 is 17.6 Å². The van der Waals surface area contributed by atoms with E-state index in [4.69, 9.17) is 10.9 Å². The van der Waals surface area contributed by atoms with Gasteiger partial charge >= 0.3 is 0 Å². The van der Waals surface area contributed by atoms with Crippen molar-refractivity contribution in [2.45, 2.75) is 11.3 Å². The first-order chi connectivity index (χ1) is 8.22. The van der Waals surface area contributed by atoms with Crippen LogP contribution in [-0.4, -0.2) is 41.8 Å². The van der Waals surface area contributed by atoms with Gasteiger partial charge in [-0.2, -0.15) is 0 Å². The molecule has 94 valence electrons. The summed E-state index contributed by atoms with van der Waals surface area (Å²) in [4.78, 5) is 3.46. The van der Waals surface area contributed by atoms with Crippen LogP contribution in [0.3, 0.4) is 0 Å². The topological polar surface area (TPSA) is 61.8 Å². The molecule has 1 aromatic rings. The third kappa shape index (κ3) is 6.19. The summed E-state index contributed by atoms with van der Waals surface area (Å²) in [5.41, 5.74) is 5.41. The second-order valence-electron chi connectivity index (χ2n) is 3.81. The second kappa shape index (κ2) is 7.97. The molecule has 0 amide bonds. The Hall–Kier alpha value is -1.20. The molecule has 3 N–H and O–H groups in total. The highest BCUT2D eigenvalue weighted by Crippen LogP contribution is 2.16. The Bertz CT molecular complexity index is 343. The van der Waals surface area contributed by atoms with Gasteiger partial charge in [0.25, 0.3) is 0 Å². The van der Waals surface area contributed by atoms with E-state index in [0.29, 0.717) is 6.42 Å². The summed E-state index contributed by atoms with van der Waals surface area (Å²) in [7, 11) is 2.04. The normalized spacial score (nSPS) is 12.0. The molecule has 0 aliphatic carbocycles. The number of hydrogen-bond donors (Lipinski definition) is 2. The number of rotatable bonds is 7. The van der Waals surface area contributed by atoms with E-state index in [0.717, 1.165) is 18.8 Å². The van der Waals surface area contributed by atoms with Crippen LogP contribution in [0.25, 0.3) is 0 Å². The van der Waals surface area contributed by atoms with E-state index in [1.807, 2.05) is 37.0 Å². The Kier molecular flexibility index (Phi) is 6.50. The molecule has 1 rings (SSSR count). The lowest BCUT2D eigenvalue weighted by molar-refractivity contribution is 0.313. The molecule has 4 nitrogen and oxygen atoms in total. The summed E-state index contributed by atoms with van der Waals surface area (Å²) < 4.78 is 0. The van der Waals surface area contributed by atoms with Gasteiger partial charge in [0, 0.05) is 30.2 Å². The van der Waals surface area contributed by atoms with Crippen LogP contribution in [0.15, 0.2) is 40.4 Å². The molecule has 0 aliphatic rings. The van der Waals surface area contributed by atoms with Crippen molar-refractivity contribution in [3.05, 3.63) is 30.3 Å². The molecule has 17 heavy (non-hydrogen) atoms. The van der Waals surface area contributed by atoms with Gasteiger partial charge in [-0.05, 0) is 19.2 Å². The molecule has 0 heterocycles. The first kappa shape index (κ1) is 13.9. The molecular formula is C12H19N3OS. The van der Waals surface area contributed by atoms with E-state index in [2.05, 4.69) is 22.2 Å². The van der Waals surface area contributed by atoms with Crippen molar-refractivity contribution < 1.29 is 5.21 Å². The zero-order valence-electron chi connectivity index (χ0n) is 10.0. The molecule has 0 saturated heterocycles. The predicted molar refractivity (Wildman–Crippen MR) is 72.7 cm³/mol. The summed E-state index contributed by atoms with van der Waals surface area (Å²) in [6.45, 7) is 1.80. The highest BCUT2D eigenvalue weighted by atomic mass is 32.2. The van der Waals surface area contributed by atoms with Crippen molar-refractivity contribution in [2.24, 2.45) is 10.9 Å². The van der Waals surface area contributed by atoms with Crippen LogP contribution < -0.4 is 5.73 Å². The Labute approximate surface area is 106 Å². The van der Waals surface area contributed by atoms with E-state index in [-0.39, 0.29) is 5.84 Å². The van der Waals surface area contributed by atoms with Gasteiger partial charge in [-0.15, -0.1) is 11.8 Å². The first-order valence-electron chi connectivity index (χ1n) is 5.55. The molecular weight excluding hydrogens is 234 g/mol.